The van der Waals surface area contributed by atoms with Gasteiger partial charge in [-0.2, -0.15) is 26.3 Å². The van der Waals surface area contributed by atoms with Crippen molar-refractivity contribution in [1.29, 1.82) is 0 Å². The van der Waals surface area contributed by atoms with E-state index in [9.17, 15) is 26.3 Å². The molecule has 3 nitrogen and oxygen atoms in total. The van der Waals surface area contributed by atoms with E-state index in [0.29, 0.717) is 37.5 Å². The molecule has 1 heterocycles. The highest BCUT2D eigenvalue weighted by Gasteiger charge is 2.41. The summed E-state index contributed by atoms with van der Waals surface area (Å²) >= 11 is 0. The van der Waals surface area contributed by atoms with Crippen LogP contribution in [0.25, 0.3) is 0 Å². The van der Waals surface area contributed by atoms with Crippen LogP contribution in [0.2, 0.25) is 0 Å². The molecule has 0 spiro atoms. The molecule has 1 aliphatic heterocycles. The molecule has 1 fully saturated rings. The molecule has 0 amide bonds. The van der Waals surface area contributed by atoms with Crippen molar-refractivity contribution in [2.75, 3.05) is 39.8 Å². The minimum atomic E-state index is -4.92. The van der Waals surface area contributed by atoms with Gasteiger partial charge in [0, 0.05) is 38.3 Å². The van der Waals surface area contributed by atoms with Gasteiger partial charge in [-0.1, -0.05) is 48.5 Å². The first-order valence-electron chi connectivity index (χ1n) is 12.7. The molecule has 0 aliphatic carbocycles. The number of piperazine rings is 1. The molecule has 3 aromatic rings. The molecule has 9 heteroatoms. The third kappa shape index (κ3) is 6.94. The summed E-state index contributed by atoms with van der Waals surface area (Å²) in [5.74, 6) is 0.474. The van der Waals surface area contributed by atoms with Crippen LogP contribution in [-0.4, -0.2) is 49.6 Å². The predicted molar refractivity (Wildman–Crippen MR) is 138 cm³/mol. The monoisotopic (exact) mass is 549 g/mol. The van der Waals surface area contributed by atoms with Crippen LogP contribution < -0.4 is 4.74 Å². The molecule has 0 bridgehead atoms. The highest BCUT2D eigenvalue weighted by molar-refractivity contribution is 5.43. The molecule has 0 saturated carbocycles. The van der Waals surface area contributed by atoms with Crippen LogP contribution in [0.3, 0.4) is 0 Å². The summed E-state index contributed by atoms with van der Waals surface area (Å²) in [5.41, 5.74) is -2.09. The zero-order valence-electron chi connectivity index (χ0n) is 21.7. The Bertz CT molecular complexity index is 1200. The molecule has 1 saturated heterocycles. The third-order valence-electron chi connectivity index (χ3n) is 7.29. The van der Waals surface area contributed by atoms with Crippen molar-refractivity contribution in [1.82, 2.24) is 9.80 Å². The van der Waals surface area contributed by atoms with Crippen molar-refractivity contribution < 1.29 is 31.1 Å². The number of nitrogens with zero attached hydrogens (tertiary/aromatic N) is 2. The zero-order valence-corrected chi connectivity index (χ0v) is 21.7. The maximum Gasteiger partial charge on any atom is 0.416 e. The average Bonchev–Trinajstić information content (AvgIpc) is 2.91. The second-order valence-electron chi connectivity index (χ2n) is 9.89. The lowest BCUT2D eigenvalue weighted by atomic mass is 9.82. The Morgan fingerprint density at radius 1 is 0.744 bits per heavy atom. The van der Waals surface area contributed by atoms with Crippen LogP contribution in [-0.2, 0) is 30.7 Å². The van der Waals surface area contributed by atoms with E-state index in [1.807, 2.05) is 23.1 Å². The number of rotatable bonds is 8. The lowest BCUT2D eigenvalue weighted by Crippen LogP contribution is -2.55. The van der Waals surface area contributed by atoms with E-state index in [2.05, 4.69) is 24.0 Å². The van der Waals surface area contributed by atoms with Gasteiger partial charge in [0.1, 0.15) is 5.75 Å². The van der Waals surface area contributed by atoms with Gasteiger partial charge in [0.05, 0.1) is 23.8 Å². The van der Waals surface area contributed by atoms with Crippen molar-refractivity contribution in [3.05, 3.63) is 108 Å². The van der Waals surface area contributed by atoms with Crippen LogP contribution in [0.5, 0.6) is 5.75 Å². The maximum absolute atomic E-state index is 13.6. The number of hydrogen-bond donors (Lipinski definition) is 0. The zero-order chi connectivity index (χ0) is 28.3. The number of para-hydroxylation sites is 1. The molecule has 0 aromatic heterocycles. The second kappa shape index (κ2) is 11.6. The average molecular weight is 550 g/mol. The minimum Gasteiger partial charge on any atom is -0.496 e. The first-order valence-corrected chi connectivity index (χ1v) is 12.7. The van der Waals surface area contributed by atoms with Gasteiger partial charge < -0.3 is 9.64 Å². The van der Waals surface area contributed by atoms with Gasteiger partial charge in [0.2, 0.25) is 0 Å². The summed E-state index contributed by atoms with van der Waals surface area (Å²) in [7, 11) is 1.48. The lowest BCUT2D eigenvalue weighted by Gasteiger charge is -2.47. The number of methoxy groups -OCH3 is 1. The Balaban J connectivity index is 1.64. The van der Waals surface area contributed by atoms with Crippen LogP contribution in [0.1, 0.15) is 27.8 Å². The Labute approximate surface area is 225 Å². The van der Waals surface area contributed by atoms with Crippen LogP contribution >= 0.6 is 0 Å². The number of hydrogen-bond acceptors (Lipinski definition) is 3. The molecule has 209 valence electrons. The summed E-state index contributed by atoms with van der Waals surface area (Å²) < 4.78 is 87.1. The van der Waals surface area contributed by atoms with Gasteiger partial charge in [0.15, 0.2) is 0 Å². The summed E-state index contributed by atoms with van der Waals surface area (Å²) in [6.45, 7) is 7.75. The Hall–Kier alpha value is -3.04. The molecule has 1 unspecified atom stereocenters. The van der Waals surface area contributed by atoms with E-state index in [1.165, 1.54) is 12.7 Å². The fourth-order valence-electron chi connectivity index (χ4n) is 5.20. The van der Waals surface area contributed by atoms with E-state index >= 15 is 0 Å². The first kappa shape index (κ1) is 29.0. The smallest absolute Gasteiger partial charge is 0.416 e. The number of alkyl halides is 6. The standard InChI is InChI=1S/C30H31F6N2O/c1-28(26-10-6-7-11-27(26)39-2,21-23-18-24(29(31,32)33)20-25(19-23)30(34,35)36)38-16-14-37(15-17-38)13-12-22-8-4-3-5-9-22/h3-11,18-20H,1,12-17,21H2,2H3. The van der Waals surface area contributed by atoms with Crippen molar-refractivity contribution >= 4 is 0 Å². The molecule has 1 radical (unpaired) electrons. The van der Waals surface area contributed by atoms with Crippen LogP contribution in [0.15, 0.2) is 72.8 Å². The number of ether oxygens (including phenoxy) is 1. The second-order valence-corrected chi connectivity index (χ2v) is 9.89. The van der Waals surface area contributed by atoms with E-state index in [-0.39, 0.29) is 18.1 Å². The number of halogens is 6. The van der Waals surface area contributed by atoms with Gasteiger partial charge in [-0.25, -0.2) is 0 Å². The van der Waals surface area contributed by atoms with Crippen molar-refractivity contribution in [2.24, 2.45) is 0 Å². The Morgan fingerprint density at radius 3 is 1.87 bits per heavy atom. The van der Waals surface area contributed by atoms with E-state index in [0.717, 1.165) is 25.1 Å². The Kier molecular flexibility index (Phi) is 8.61. The lowest BCUT2D eigenvalue weighted by molar-refractivity contribution is -0.143. The molecule has 4 rings (SSSR count). The summed E-state index contributed by atoms with van der Waals surface area (Å²) in [4.78, 5) is 4.34. The van der Waals surface area contributed by atoms with Gasteiger partial charge in [-0.15, -0.1) is 0 Å². The molecule has 1 aliphatic rings. The number of benzene rings is 3. The van der Waals surface area contributed by atoms with Crippen molar-refractivity contribution in [2.45, 2.75) is 30.7 Å². The third-order valence-corrected chi connectivity index (χ3v) is 7.29. The summed E-state index contributed by atoms with van der Waals surface area (Å²) in [6, 6.07) is 18.9. The van der Waals surface area contributed by atoms with Gasteiger partial charge in [0.25, 0.3) is 0 Å². The molecular formula is C30H31F6N2O. The largest absolute Gasteiger partial charge is 0.496 e. The summed E-state index contributed by atoms with van der Waals surface area (Å²) in [6.07, 6.45) is -9.12. The van der Waals surface area contributed by atoms with Crippen molar-refractivity contribution in [3.63, 3.8) is 0 Å². The maximum atomic E-state index is 13.6. The normalized spacial score (nSPS) is 17.1. The van der Waals surface area contributed by atoms with Crippen molar-refractivity contribution in [3.8, 4) is 5.75 Å². The molecule has 1 atom stereocenters. The fraction of sp³-hybridized carbons (Fsp3) is 0.367. The predicted octanol–water partition coefficient (Wildman–Crippen LogP) is 6.87. The molecule has 0 N–H and O–H groups in total. The van der Waals surface area contributed by atoms with Gasteiger partial charge in [-0.05, 0) is 55.2 Å². The highest BCUT2D eigenvalue weighted by atomic mass is 19.4. The van der Waals surface area contributed by atoms with Gasteiger partial charge >= 0.3 is 12.4 Å². The van der Waals surface area contributed by atoms with Crippen LogP contribution in [0.4, 0.5) is 26.3 Å². The SMILES string of the molecule is [CH2]C(Cc1cc(C(F)(F)F)cc(C(F)(F)F)c1)(c1ccccc1OC)N1CCN(CCc2ccccc2)CC1. The highest BCUT2D eigenvalue weighted by Crippen LogP contribution is 2.41. The fourth-order valence-corrected chi connectivity index (χ4v) is 5.20. The quantitative estimate of drug-likeness (QED) is 0.286. The molecule has 39 heavy (non-hydrogen) atoms. The molecule has 3 aromatic carbocycles. The van der Waals surface area contributed by atoms with E-state index in [1.54, 1.807) is 24.3 Å². The van der Waals surface area contributed by atoms with E-state index < -0.39 is 29.0 Å². The van der Waals surface area contributed by atoms with Crippen LogP contribution in [0, 0.1) is 6.92 Å². The molecular weight excluding hydrogens is 518 g/mol. The minimum absolute atomic E-state index is 0.0930. The Morgan fingerprint density at radius 2 is 1.31 bits per heavy atom. The topological polar surface area (TPSA) is 15.7 Å². The summed E-state index contributed by atoms with van der Waals surface area (Å²) in [5, 5.41) is 0. The first-order chi connectivity index (χ1) is 18.4. The van der Waals surface area contributed by atoms with Gasteiger partial charge in [-0.3, -0.25) is 4.90 Å². The van der Waals surface area contributed by atoms with E-state index in [4.69, 9.17) is 4.74 Å².